The topological polar surface area (TPSA) is 76.3 Å². The van der Waals surface area contributed by atoms with E-state index in [0.717, 1.165) is 27.7 Å². The van der Waals surface area contributed by atoms with E-state index in [-0.39, 0.29) is 5.91 Å². The van der Waals surface area contributed by atoms with Gasteiger partial charge < -0.3 is 5.73 Å². The maximum Gasteiger partial charge on any atom is 0.260 e. The minimum Gasteiger partial charge on any atom is -0.368 e. The van der Waals surface area contributed by atoms with Crippen molar-refractivity contribution >= 4 is 28.4 Å². The number of carbonyl (C=O) groups excluding carboxylic acids is 2. The molecule has 130 valence electrons. The number of nitrogens with two attached hydrogens (primary N) is 1. The molecule has 5 heteroatoms. The van der Waals surface area contributed by atoms with Crippen molar-refractivity contribution in [3.63, 3.8) is 0 Å². The lowest BCUT2D eigenvalue weighted by Crippen LogP contribution is -2.46. The molecule has 2 N–H and O–H groups in total. The van der Waals surface area contributed by atoms with E-state index in [1.54, 1.807) is 0 Å². The molecule has 2 amide bonds. The number of primary amides is 1. The van der Waals surface area contributed by atoms with Crippen molar-refractivity contribution in [3.05, 3.63) is 70.9 Å². The molecule has 1 aliphatic heterocycles. The van der Waals surface area contributed by atoms with Crippen molar-refractivity contribution < 1.29 is 9.59 Å². The van der Waals surface area contributed by atoms with Crippen molar-refractivity contribution in [2.24, 2.45) is 5.73 Å². The molecule has 0 aliphatic carbocycles. The first kappa shape index (κ1) is 16.3. The smallest absolute Gasteiger partial charge is 0.260 e. The highest BCUT2D eigenvalue weighted by atomic mass is 16.2. The van der Waals surface area contributed by atoms with Crippen molar-refractivity contribution in [2.45, 2.75) is 26.3 Å². The van der Waals surface area contributed by atoms with Gasteiger partial charge in [0, 0.05) is 17.5 Å². The summed E-state index contributed by atoms with van der Waals surface area (Å²) in [6.07, 6.45) is 0.441. The summed E-state index contributed by atoms with van der Waals surface area (Å²) in [6, 6.07) is 14.7. The summed E-state index contributed by atoms with van der Waals surface area (Å²) < 4.78 is 0. The number of hydrogen-bond donors (Lipinski definition) is 1. The SMILES string of the molecule is Cc1ccc2nc(C)c(C(=O)N3c4ccccc4C[C@H]3C(N)=O)cc2c1. The third kappa shape index (κ3) is 2.52. The molecule has 0 radical (unpaired) electrons. The van der Waals surface area contributed by atoms with Crippen LogP contribution in [0, 0.1) is 13.8 Å². The number of rotatable bonds is 2. The number of amides is 2. The van der Waals surface area contributed by atoms with Gasteiger partial charge >= 0.3 is 0 Å². The zero-order valence-corrected chi connectivity index (χ0v) is 14.7. The molecule has 1 aromatic heterocycles. The third-order valence-electron chi connectivity index (χ3n) is 4.91. The van der Waals surface area contributed by atoms with E-state index in [4.69, 9.17) is 5.73 Å². The minimum absolute atomic E-state index is 0.243. The van der Waals surface area contributed by atoms with Crippen molar-refractivity contribution in [1.29, 1.82) is 0 Å². The summed E-state index contributed by atoms with van der Waals surface area (Å²) in [7, 11) is 0. The van der Waals surface area contributed by atoms with Gasteiger partial charge in [0.25, 0.3) is 5.91 Å². The van der Waals surface area contributed by atoms with Gasteiger partial charge in [-0.2, -0.15) is 0 Å². The van der Waals surface area contributed by atoms with Crippen LogP contribution >= 0.6 is 0 Å². The van der Waals surface area contributed by atoms with E-state index < -0.39 is 11.9 Å². The van der Waals surface area contributed by atoms with Crippen LogP contribution in [-0.2, 0) is 11.2 Å². The first-order valence-corrected chi connectivity index (χ1v) is 8.54. The molecule has 2 heterocycles. The van der Waals surface area contributed by atoms with Crippen LogP contribution in [0.3, 0.4) is 0 Å². The quantitative estimate of drug-likeness (QED) is 0.776. The van der Waals surface area contributed by atoms with Crippen LogP contribution in [0.15, 0.2) is 48.5 Å². The van der Waals surface area contributed by atoms with Gasteiger partial charge in [0.05, 0.1) is 16.8 Å². The van der Waals surface area contributed by atoms with Crippen molar-refractivity contribution in [3.8, 4) is 0 Å². The van der Waals surface area contributed by atoms with Gasteiger partial charge in [-0.15, -0.1) is 0 Å². The van der Waals surface area contributed by atoms with Gasteiger partial charge in [-0.05, 0) is 43.7 Å². The minimum atomic E-state index is -0.674. The Hall–Kier alpha value is -3.21. The summed E-state index contributed by atoms with van der Waals surface area (Å²) in [5.41, 5.74) is 10.4. The molecule has 4 rings (SSSR count). The lowest BCUT2D eigenvalue weighted by molar-refractivity contribution is -0.119. The molecule has 0 unspecified atom stereocenters. The number of nitrogens with zero attached hydrogens (tertiary/aromatic N) is 2. The standard InChI is InChI=1S/C21H19N3O2/c1-12-7-8-17-15(9-12)10-16(13(2)23-17)21(26)24-18-6-4-3-5-14(18)11-19(24)20(22)25/h3-10,19H,11H2,1-2H3,(H2,22,25)/t19-/m0/s1. The second kappa shape index (κ2) is 5.95. The normalized spacial score (nSPS) is 15.9. The number of benzene rings is 2. The molecule has 5 nitrogen and oxygen atoms in total. The molecule has 0 bridgehead atoms. The van der Waals surface area contributed by atoms with E-state index in [9.17, 15) is 9.59 Å². The number of anilines is 1. The van der Waals surface area contributed by atoms with Crippen molar-refractivity contribution in [2.75, 3.05) is 4.90 Å². The van der Waals surface area contributed by atoms with E-state index in [0.29, 0.717) is 17.7 Å². The van der Waals surface area contributed by atoms with E-state index in [1.807, 2.05) is 62.4 Å². The maximum absolute atomic E-state index is 13.4. The molecule has 0 fully saturated rings. The Kier molecular flexibility index (Phi) is 3.72. The van der Waals surface area contributed by atoms with Crippen LogP contribution in [-0.4, -0.2) is 22.8 Å². The number of pyridine rings is 1. The fourth-order valence-corrected chi connectivity index (χ4v) is 3.60. The molecule has 0 saturated carbocycles. The molecular formula is C21H19N3O2. The fraction of sp³-hybridized carbons (Fsp3) is 0.190. The average Bonchev–Trinajstić information content (AvgIpc) is 3.01. The average molecular weight is 345 g/mol. The Labute approximate surface area is 151 Å². The Morgan fingerprint density at radius 3 is 2.65 bits per heavy atom. The Balaban J connectivity index is 1.85. The van der Waals surface area contributed by atoms with Gasteiger partial charge in [-0.25, -0.2) is 0 Å². The third-order valence-corrected chi connectivity index (χ3v) is 4.91. The van der Waals surface area contributed by atoms with Gasteiger partial charge in [-0.1, -0.05) is 29.8 Å². The van der Waals surface area contributed by atoms with E-state index in [1.165, 1.54) is 4.90 Å². The highest BCUT2D eigenvalue weighted by Crippen LogP contribution is 2.34. The molecule has 1 atom stereocenters. The summed E-state index contributed by atoms with van der Waals surface area (Å²) in [5.74, 6) is -0.746. The number of aromatic nitrogens is 1. The summed E-state index contributed by atoms with van der Waals surface area (Å²) >= 11 is 0. The maximum atomic E-state index is 13.4. The van der Waals surface area contributed by atoms with Crippen LogP contribution in [0.25, 0.3) is 10.9 Å². The number of aryl methyl sites for hydroxylation is 2. The molecule has 3 aromatic rings. The molecule has 26 heavy (non-hydrogen) atoms. The Bertz CT molecular complexity index is 1060. The van der Waals surface area contributed by atoms with Gasteiger partial charge in [0.1, 0.15) is 6.04 Å². The number of fused-ring (bicyclic) bond motifs is 2. The van der Waals surface area contributed by atoms with Gasteiger partial charge in [0.15, 0.2) is 0 Å². The monoisotopic (exact) mass is 345 g/mol. The van der Waals surface area contributed by atoms with Crippen molar-refractivity contribution in [1.82, 2.24) is 4.98 Å². The largest absolute Gasteiger partial charge is 0.368 e. The molecular weight excluding hydrogens is 326 g/mol. The van der Waals surface area contributed by atoms with Crippen LogP contribution < -0.4 is 10.6 Å². The Morgan fingerprint density at radius 2 is 1.88 bits per heavy atom. The Morgan fingerprint density at radius 1 is 1.12 bits per heavy atom. The molecule has 1 aliphatic rings. The summed E-state index contributed by atoms with van der Waals surface area (Å²) in [4.78, 5) is 31.4. The van der Waals surface area contributed by atoms with Gasteiger partial charge in [-0.3, -0.25) is 19.5 Å². The zero-order chi connectivity index (χ0) is 18.4. The molecule has 0 saturated heterocycles. The van der Waals surface area contributed by atoms with Crippen LogP contribution in [0.1, 0.15) is 27.2 Å². The van der Waals surface area contributed by atoms with E-state index >= 15 is 0 Å². The lowest BCUT2D eigenvalue weighted by Gasteiger charge is -2.24. The number of hydrogen-bond acceptors (Lipinski definition) is 3. The molecule has 0 spiro atoms. The predicted molar refractivity (Wildman–Crippen MR) is 101 cm³/mol. The predicted octanol–water partition coefficient (Wildman–Crippen LogP) is 2.91. The first-order chi connectivity index (χ1) is 12.5. The summed E-state index contributed by atoms with van der Waals surface area (Å²) in [6.45, 7) is 3.81. The first-order valence-electron chi connectivity index (χ1n) is 8.54. The second-order valence-electron chi connectivity index (χ2n) is 6.74. The number of para-hydroxylation sites is 1. The van der Waals surface area contributed by atoms with E-state index in [2.05, 4.69) is 4.98 Å². The summed E-state index contributed by atoms with van der Waals surface area (Å²) in [5, 5.41) is 0.905. The molecule has 2 aromatic carbocycles. The van der Waals surface area contributed by atoms with Crippen LogP contribution in [0.2, 0.25) is 0 Å². The van der Waals surface area contributed by atoms with Crippen LogP contribution in [0.4, 0.5) is 5.69 Å². The lowest BCUT2D eigenvalue weighted by atomic mass is 10.1. The number of carbonyl (C=O) groups is 2. The zero-order valence-electron chi connectivity index (χ0n) is 14.7. The van der Waals surface area contributed by atoms with Gasteiger partial charge in [0.2, 0.25) is 5.91 Å². The fourth-order valence-electron chi connectivity index (χ4n) is 3.60. The second-order valence-corrected chi connectivity index (χ2v) is 6.74. The highest BCUT2D eigenvalue weighted by Gasteiger charge is 2.38. The van der Waals surface area contributed by atoms with Crippen LogP contribution in [0.5, 0.6) is 0 Å². The highest BCUT2D eigenvalue weighted by molar-refractivity contribution is 6.13.